The lowest BCUT2D eigenvalue weighted by Gasteiger charge is -2.33. The van der Waals surface area contributed by atoms with Crippen molar-refractivity contribution < 1.29 is 39.2 Å². The summed E-state index contributed by atoms with van der Waals surface area (Å²) in [5, 5.41) is 28.3. The fourth-order valence-corrected chi connectivity index (χ4v) is 3.86. The Morgan fingerprint density at radius 2 is 1.24 bits per heavy atom. The molecule has 1 unspecified atom stereocenters. The number of nitrogens with one attached hydrogen (secondary N) is 1. The molecule has 222 valence electrons. The molecule has 0 aromatic heterocycles. The Morgan fingerprint density at radius 1 is 0.816 bits per heavy atom. The smallest absolute Gasteiger partial charge is 0.317 e. The van der Waals surface area contributed by atoms with Crippen molar-refractivity contribution in [3.05, 3.63) is 0 Å². The molecule has 0 radical (unpaired) electrons. The molecule has 0 spiro atoms. The van der Waals surface area contributed by atoms with Crippen LogP contribution in [0.25, 0.3) is 0 Å². The Labute approximate surface area is 226 Å². The van der Waals surface area contributed by atoms with E-state index < -0.39 is 11.9 Å². The van der Waals surface area contributed by atoms with Crippen molar-refractivity contribution in [1.82, 2.24) is 24.9 Å². The van der Waals surface area contributed by atoms with Gasteiger partial charge in [-0.25, -0.2) is 0 Å². The molecule has 13 heteroatoms. The van der Waals surface area contributed by atoms with Gasteiger partial charge < -0.3 is 30.3 Å². The summed E-state index contributed by atoms with van der Waals surface area (Å²) < 4.78 is 5.61. The van der Waals surface area contributed by atoms with Crippen LogP contribution in [0, 0.1) is 5.92 Å². The third-order valence-electron chi connectivity index (χ3n) is 6.48. The Balaban J connectivity index is 0.00000434. The number of rotatable bonds is 14. The minimum Gasteiger partial charge on any atom is -0.483 e. The number of carboxylic acid groups (broad SMARTS) is 3. The number of likely N-dealkylation sites (N-methyl/N-ethyl adjacent to an activating group) is 1. The SMILES string of the molecule is CCC(C)CCOCCNC(=O)CN1CCN(CC)CCN(CC(=O)O)CCN(CC(=O)O)CC1.O=CO. The van der Waals surface area contributed by atoms with Crippen LogP contribution in [-0.4, -0.2) is 158 Å². The number of carbonyl (C=O) groups excluding carboxylic acids is 1. The van der Waals surface area contributed by atoms with Gasteiger partial charge in [-0.2, -0.15) is 0 Å². The molecule has 38 heavy (non-hydrogen) atoms. The average Bonchev–Trinajstić information content (AvgIpc) is 2.85. The maximum absolute atomic E-state index is 12.5. The fourth-order valence-electron chi connectivity index (χ4n) is 3.86. The largest absolute Gasteiger partial charge is 0.483 e. The molecule has 0 saturated carbocycles. The van der Waals surface area contributed by atoms with Crippen LogP contribution in [0.1, 0.15) is 33.6 Å². The Kier molecular flexibility index (Phi) is 21.3. The summed E-state index contributed by atoms with van der Waals surface area (Å²) >= 11 is 0. The average molecular weight is 548 g/mol. The van der Waals surface area contributed by atoms with Crippen LogP contribution >= 0.6 is 0 Å². The Morgan fingerprint density at radius 3 is 1.63 bits per heavy atom. The molecule has 1 aliphatic heterocycles. The van der Waals surface area contributed by atoms with Gasteiger partial charge in [0, 0.05) is 65.5 Å². The van der Waals surface area contributed by atoms with Gasteiger partial charge >= 0.3 is 11.9 Å². The molecular formula is C25H49N5O8. The standard InChI is InChI=1S/C24H47N5O6.CH2O2/c1-4-21(3)6-16-35-17-7-25-22(30)18-27-10-8-26(5-2)9-11-28(19-23(31)32)14-15-29(13-12-27)20-24(33)34;2-1-3/h21H,4-20H2,1-3H3,(H,25,30)(H,31,32)(H,33,34);1H,(H,2,3). The summed E-state index contributed by atoms with van der Waals surface area (Å²) in [6, 6.07) is 0. The van der Waals surface area contributed by atoms with Crippen molar-refractivity contribution in [3.8, 4) is 0 Å². The number of carboxylic acids is 2. The molecule has 1 amide bonds. The van der Waals surface area contributed by atoms with E-state index in [1.807, 2.05) is 9.80 Å². The predicted molar refractivity (Wildman–Crippen MR) is 143 cm³/mol. The first kappa shape index (κ1) is 35.7. The Bertz CT molecular complexity index is 670. The highest BCUT2D eigenvalue weighted by Crippen LogP contribution is 2.05. The van der Waals surface area contributed by atoms with Crippen LogP contribution in [0.15, 0.2) is 0 Å². The zero-order valence-corrected chi connectivity index (χ0v) is 23.3. The van der Waals surface area contributed by atoms with E-state index in [9.17, 15) is 24.6 Å². The zero-order chi connectivity index (χ0) is 28.8. The van der Waals surface area contributed by atoms with Crippen LogP contribution in [0.4, 0.5) is 0 Å². The third-order valence-corrected chi connectivity index (χ3v) is 6.48. The molecule has 1 saturated heterocycles. The first-order valence-corrected chi connectivity index (χ1v) is 13.4. The van der Waals surface area contributed by atoms with Crippen LogP contribution in [-0.2, 0) is 23.9 Å². The number of nitrogens with zero attached hydrogens (tertiary/aromatic N) is 4. The summed E-state index contributed by atoms with van der Waals surface area (Å²) in [5.74, 6) is -1.23. The molecule has 1 atom stereocenters. The molecule has 1 heterocycles. The molecule has 0 aromatic rings. The van der Waals surface area contributed by atoms with Crippen LogP contribution in [0.5, 0.6) is 0 Å². The van der Waals surface area contributed by atoms with Crippen molar-refractivity contribution in [3.63, 3.8) is 0 Å². The summed E-state index contributed by atoms with van der Waals surface area (Å²) in [4.78, 5) is 51.5. The number of ether oxygens (including phenoxy) is 1. The second-order valence-electron chi connectivity index (χ2n) is 9.42. The van der Waals surface area contributed by atoms with Crippen LogP contribution in [0.2, 0.25) is 0 Å². The molecular weight excluding hydrogens is 498 g/mol. The van der Waals surface area contributed by atoms with Crippen molar-refractivity contribution in [2.24, 2.45) is 5.92 Å². The summed E-state index contributed by atoms with van der Waals surface area (Å²) in [6.45, 7) is 13.5. The lowest BCUT2D eigenvalue weighted by molar-refractivity contribution is -0.140. The van der Waals surface area contributed by atoms with E-state index in [0.717, 1.165) is 32.5 Å². The zero-order valence-electron chi connectivity index (χ0n) is 23.3. The fraction of sp³-hybridized carbons (Fsp3) is 0.840. The van der Waals surface area contributed by atoms with Crippen molar-refractivity contribution in [2.45, 2.75) is 33.6 Å². The quantitative estimate of drug-likeness (QED) is 0.166. The molecule has 0 bridgehead atoms. The highest BCUT2D eigenvalue weighted by atomic mass is 16.5. The van der Waals surface area contributed by atoms with Gasteiger partial charge in [0.2, 0.25) is 5.91 Å². The second-order valence-corrected chi connectivity index (χ2v) is 9.42. The highest BCUT2D eigenvalue weighted by Gasteiger charge is 2.19. The molecule has 0 aliphatic carbocycles. The van der Waals surface area contributed by atoms with Crippen molar-refractivity contribution in [2.75, 3.05) is 98.3 Å². The molecule has 0 aromatic carbocycles. The van der Waals surface area contributed by atoms with Crippen molar-refractivity contribution >= 4 is 24.3 Å². The molecule has 1 aliphatic rings. The normalized spacial score (nSPS) is 17.8. The first-order chi connectivity index (χ1) is 18.1. The maximum atomic E-state index is 12.5. The van der Waals surface area contributed by atoms with Gasteiger partial charge in [0.15, 0.2) is 0 Å². The van der Waals surface area contributed by atoms with Crippen molar-refractivity contribution in [1.29, 1.82) is 0 Å². The van der Waals surface area contributed by atoms with E-state index in [1.54, 1.807) is 0 Å². The van der Waals surface area contributed by atoms with Gasteiger partial charge in [0.1, 0.15) is 0 Å². The topological polar surface area (TPSA) is 163 Å². The van der Waals surface area contributed by atoms with Gasteiger partial charge in [-0.15, -0.1) is 0 Å². The molecule has 1 fully saturated rings. The van der Waals surface area contributed by atoms with E-state index in [2.05, 4.69) is 35.9 Å². The van der Waals surface area contributed by atoms with E-state index in [4.69, 9.17) is 14.6 Å². The first-order valence-electron chi connectivity index (χ1n) is 13.4. The highest BCUT2D eigenvalue weighted by molar-refractivity contribution is 5.78. The lowest BCUT2D eigenvalue weighted by Crippen LogP contribution is -2.49. The summed E-state index contributed by atoms with van der Waals surface area (Å²) in [5.41, 5.74) is 0. The summed E-state index contributed by atoms with van der Waals surface area (Å²) in [6.07, 6.45) is 2.16. The van der Waals surface area contributed by atoms with E-state index in [0.29, 0.717) is 64.9 Å². The Hall–Kier alpha value is -2.32. The van der Waals surface area contributed by atoms with E-state index in [-0.39, 0.29) is 32.0 Å². The number of aliphatic carboxylic acids is 2. The minimum atomic E-state index is -0.920. The van der Waals surface area contributed by atoms with Crippen LogP contribution in [0.3, 0.4) is 0 Å². The number of carbonyl (C=O) groups is 4. The molecule has 4 N–H and O–H groups in total. The lowest BCUT2D eigenvalue weighted by atomic mass is 10.1. The van der Waals surface area contributed by atoms with Gasteiger partial charge in [-0.1, -0.05) is 27.2 Å². The molecule has 1 rings (SSSR count). The maximum Gasteiger partial charge on any atom is 0.317 e. The molecule has 13 nitrogen and oxygen atoms in total. The third kappa shape index (κ3) is 19.7. The minimum absolute atomic E-state index is 0.0634. The second kappa shape index (κ2) is 22.6. The monoisotopic (exact) mass is 547 g/mol. The van der Waals surface area contributed by atoms with Gasteiger partial charge in [0.05, 0.1) is 26.2 Å². The van der Waals surface area contributed by atoms with E-state index >= 15 is 0 Å². The van der Waals surface area contributed by atoms with Gasteiger partial charge in [-0.3, -0.25) is 33.9 Å². The number of hydrogen-bond donors (Lipinski definition) is 4. The number of amides is 1. The number of hydrogen-bond acceptors (Lipinski definition) is 9. The summed E-state index contributed by atoms with van der Waals surface area (Å²) in [7, 11) is 0. The van der Waals surface area contributed by atoms with E-state index in [1.165, 1.54) is 0 Å². The van der Waals surface area contributed by atoms with Crippen LogP contribution < -0.4 is 5.32 Å². The van der Waals surface area contributed by atoms with Gasteiger partial charge in [0.25, 0.3) is 6.47 Å². The predicted octanol–water partition coefficient (Wildman–Crippen LogP) is -0.333. The van der Waals surface area contributed by atoms with Gasteiger partial charge in [-0.05, 0) is 18.9 Å².